The molecule has 3 aromatic carbocycles. The molecule has 3 N–H and O–H groups in total. The minimum absolute atomic E-state index is 0.0110. The number of hydrogen-bond donors (Lipinski definition) is 3. The van der Waals surface area contributed by atoms with E-state index in [9.17, 15) is 24.5 Å². The first kappa shape index (κ1) is 27.9. The van der Waals surface area contributed by atoms with Crippen LogP contribution in [0.4, 0.5) is 4.39 Å². The summed E-state index contributed by atoms with van der Waals surface area (Å²) in [5, 5.41) is 30.4. The van der Waals surface area contributed by atoms with Crippen molar-refractivity contribution in [3.05, 3.63) is 94.3 Å². The van der Waals surface area contributed by atoms with E-state index in [2.05, 4.69) is 4.90 Å². The van der Waals surface area contributed by atoms with Crippen molar-refractivity contribution in [1.82, 2.24) is 4.90 Å². The lowest BCUT2D eigenvalue weighted by Gasteiger charge is -2.27. The SMILES string of the molecule is Cc1ccc(C[C@@H]2C[C@@H](O)CN2C[C@@H](O)CO[C@H](C)c2ccccc2-c2ccc(C(=O)O)c(C)c2)cc1F. The molecular weight excluding hydrogens is 485 g/mol. The van der Waals surface area contributed by atoms with Gasteiger partial charge in [0.05, 0.1) is 30.5 Å². The quantitative estimate of drug-likeness (QED) is 0.351. The van der Waals surface area contributed by atoms with Crippen LogP contribution in [0.2, 0.25) is 0 Å². The number of aliphatic hydroxyl groups is 2. The molecule has 0 amide bonds. The maximum atomic E-state index is 14.0. The molecule has 0 saturated carbocycles. The predicted molar refractivity (Wildman–Crippen MR) is 145 cm³/mol. The van der Waals surface area contributed by atoms with E-state index in [4.69, 9.17) is 4.74 Å². The fourth-order valence-electron chi connectivity index (χ4n) is 5.28. The molecule has 1 aliphatic heterocycles. The second-order valence-electron chi connectivity index (χ2n) is 10.3. The minimum Gasteiger partial charge on any atom is -0.478 e. The number of nitrogens with zero attached hydrogens (tertiary/aromatic N) is 1. The molecule has 0 unspecified atom stereocenters. The molecular formula is C31H36FNO5. The molecule has 0 aromatic heterocycles. The summed E-state index contributed by atoms with van der Waals surface area (Å²) in [5.74, 6) is -1.19. The zero-order chi connectivity index (χ0) is 27.4. The average molecular weight is 522 g/mol. The van der Waals surface area contributed by atoms with Gasteiger partial charge in [0, 0.05) is 19.1 Å². The van der Waals surface area contributed by atoms with Crippen molar-refractivity contribution < 1.29 is 29.2 Å². The second-order valence-corrected chi connectivity index (χ2v) is 10.3. The fourth-order valence-corrected chi connectivity index (χ4v) is 5.28. The van der Waals surface area contributed by atoms with Crippen molar-refractivity contribution in [1.29, 1.82) is 0 Å². The summed E-state index contributed by atoms with van der Waals surface area (Å²) in [5.41, 5.74) is 5.23. The smallest absolute Gasteiger partial charge is 0.335 e. The third kappa shape index (κ3) is 6.66. The minimum atomic E-state index is -0.952. The number of carbonyl (C=O) groups is 1. The highest BCUT2D eigenvalue weighted by atomic mass is 19.1. The molecule has 0 bridgehead atoms. The molecule has 0 aliphatic carbocycles. The van der Waals surface area contributed by atoms with E-state index >= 15 is 0 Å². The van der Waals surface area contributed by atoms with Gasteiger partial charge in [0.25, 0.3) is 0 Å². The normalized spacial score (nSPS) is 19.4. The third-order valence-electron chi connectivity index (χ3n) is 7.36. The van der Waals surface area contributed by atoms with E-state index in [1.165, 1.54) is 0 Å². The number of benzene rings is 3. The molecule has 0 radical (unpaired) electrons. The maximum Gasteiger partial charge on any atom is 0.335 e. The van der Waals surface area contributed by atoms with Crippen molar-refractivity contribution in [2.45, 2.75) is 58.0 Å². The molecule has 6 nitrogen and oxygen atoms in total. The van der Waals surface area contributed by atoms with E-state index in [1.807, 2.05) is 43.3 Å². The zero-order valence-electron chi connectivity index (χ0n) is 22.1. The summed E-state index contributed by atoms with van der Waals surface area (Å²) < 4.78 is 20.1. The molecule has 1 aliphatic rings. The number of ether oxygens (including phenoxy) is 1. The van der Waals surface area contributed by atoms with Gasteiger partial charge in [-0.1, -0.05) is 48.5 Å². The van der Waals surface area contributed by atoms with Gasteiger partial charge in [-0.15, -0.1) is 0 Å². The van der Waals surface area contributed by atoms with Gasteiger partial charge in [0.15, 0.2) is 0 Å². The van der Waals surface area contributed by atoms with Gasteiger partial charge in [-0.05, 0) is 79.1 Å². The number of rotatable bonds is 10. The lowest BCUT2D eigenvalue weighted by Crippen LogP contribution is -2.39. The summed E-state index contributed by atoms with van der Waals surface area (Å²) in [6, 6.07) is 18.3. The van der Waals surface area contributed by atoms with Crippen LogP contribution < -0.4 is 0 Å². The standard InChI is InChI=1S/C31H36FNO5/c1-19-8-9-22(14-30(19)32)13-24-15-25(34)16-33(24)17-26(35)18-38-21(3)28-6-4-5-7-29(28)23-10-11-27(31(36)37)20(2)12-23/h4-12,14,21,24-26,34-35H,13,15-18H2,1-3H3,(H,36,37)/t21-,24-,25-,26-/m1/s1. The van der Waals surface area contributed by atoms with Gasteiger partial charge < -0.3 is 20.1 Å². The Labute approximate surface area is 223 Å². The van der Waals surface area contributed by atoms with E-state index < -0.39 is 18.2 Å². The van der Waals surface area contributed by atoms with Gasteiger partial charge in [0.1, 0.15) is 5.82 Å². The van der Waals surface area contributed by atoms with Crippen molar-refractivity contribution in [2.75, 3.05) is 19.7 Å². The highest BCUT2D eigenvalue weighted by molar-refractivity contribution is 5.90. The average Bonchev–Trinajstić information content (AvgIpc) is 3.22. The van der Waals surface area contributed by atoms with Crippen LogP contribution in [-0.4, -0.2) is 64.1 Å². The van der Waals surface area contributed by atoms with Crippen LogP contribution >= 0.6 is 0 Å². The Morgan fingerprint density at radius 2 is 1.87 bits per heavy atom. The molecule has 1 fully saturated rings. The van der Waals surface area contributed by atoms with Crippen LogP contribution in [0.3, 0.4) is 0 Å². The van der Waals surface area contributed by atoms with Crippen LogP contribution in [0.25, 0.3) is 11.1 Å². The fraction of sp³-hybridized carbons (Fsp3) is 0.387. The Bertz CT molecular complexity index is 1280. The van der Waals surface area contributed by atoms with Gasteiger partial charge in [-0.2, -0.15) is 0 Å². The molecule has 3 aromatic rings. The highest BCUT2D eigenvalue weighted by Gasteiger charge is 2.32. The molecule has 1 heterocycles. The predicted octanol–water partition coefficient (Wildman–Crippen LogP) is 4.92. The number of aryl methyl sites for hydroxylation is 2. The van der Waals surface area contributed by atoms with Gasteiger partial charge >= 0.3 is 5.97 Å². The first-order valence-electron chi connectivity index (χ1n) is 13.0. The molecule has 202 valence electrons. The first-order valence-corrected chi connectivity index (χ1v) is 13.0. The number of carboxylic acid groups (broad SMARTS) is 1. The van der Waals surface area contributed by atoms with Gasteiger partial charge in [-0.25, -0.2) is 9.18 Å². The van der Waals surface area contributed by atoms with E-state index in [0.29, 0.717) is 37.1 Å². The van der Waals surface area contributed by atoms with Crippen molar-refractivity contribution >= 4 is 5.97 Å². The molecule has 4 rings (SSSR count). The number of β-amino-alcohol motifs (C(OH)–C–C–N with tert-alkyl or cyclic N) is 2. The Hall–Kier alpha value is -3.10. The number of carboxylic acids is 1. The molecule has 7 heteroatoms. The Morgan fingerprint density at radius 1 is 1.11 bits per heavy atom. The van der Waals surface area contributed by atoms with Gasteiger partial charge in [-0.3, -0.25) is 4.90 Å². The third-order valence-corrected chi connectivity index (χ3v) is 7.36. The lowest BCUT2D eigenvalue weighted by atomic mass is 9.94. The molecule has 1 saturated heterocycles. The number of halogens is 1. The van der Waals surface area contributed by atoms with Crippen LogP contribution in [0, 0.1) is 19.7 Å². The van der Waals surface area contributed by atoms with Crippen molar-refractivity contribution in [3.8, 4) is 11.1 Å². The summed E-state index contributed by atoms with van der Waals surface area (Å²) in [4.78, 5) is 13.5. The number of aromatic carboxylic acids is 1. The van der Waals surface area contributed by atoms with E-state index in [0.717, 1.165) is 22.3 Å². The topological polar surface area (TPSA) is 90.2 Å². The lowest BCUT2D eigenvalue weighted by molar-refractivity contribution is -0.0177. The Kier molecular flexibility index (Phi) is 8.95. The summed E-state index contributed by atoms with van der Waals surface area (Å²) in [6.45, 7) is 6.37. The van der Waals surface area contributed by atoms with Crippen LogP contribution in [0.1, 0.15) is 52.1 Å². The van der Waals surface area contributed by atoms with Crippen LogP contribution in [-0.2, 0) is 11.2 Å². The first-order chi connectivity index (χ1) is 18.1. The molecule has 0 spiro atoms. The largest absolute Gasteiger partial charge is 0.478 e. The zero-order valence-corrected chi connectivity index (χ0v) is 22.1. The highest BCUT2D eigenvalue weighted by Crippen LogP contribution is 2.31. The number of likely N-dealkylation sites (tertiary alicyclic amines) is 1. The van der Waals surface area contributed by atoms with E-state index in [-0.39, 0.29) is 30.1 Å². The monoisotopic (exact) mass is 521 g/mol. The summed E-state index contributed by atoms with van der Waals surface area (Å²) in [7, 11) is 0. The van der Waals surface area contributed by atoms with Crippen molar-refractivity contribution in [2.24, 2.45) is 0 Å². The molecule has 4 atom stereocenters. The van der Waals surface area contributed by atoms with Crippen LogP contribution in [0.15, 0.2) is 60.7 Å². The number of aliphatic hydroxyl groups excluding tert-OH is 2. The van der Waals surface area contributed by atoms with E-state index in [1.54, 1.807) is 38.1 Å². The second kappa shape index (κ2) is 12.2. The summed E-state index contributed by atoms with van der Waals surface area (Å²) in [6.07, 6.45) is -0.371. The molecule has 38 heavy (non-hydrogen) atoms. The van der Waals surface area contributed by atoms with Gasteiger partial charge in [0.2, 0.25) is 0 Å². The summed E-state index contributed by atoms with van der Waals surface area (Å²) >= 11 is 0. The Balaban J connectivity index is 1.38. The Morgan fingerprint density at radius 3 is 2.58 bits per heavy atom. The number of hydrogen-bond acceptors (Lipinski definition) is 5. The van der Waals surface area contributed by atoms with Crippen LogP contribution in [0.5, 0.6) is 0 Å². The van der Waals surface area contributed by atoms with Crippen molar-refractivity contribution in [3.63, 3.8) is 0 Å². The maximum absolute atomic E-state index is 14.0.